The summed E-state index contributed by atoms with van der Waals surface area (Å²) in [5.74, 6) is 0.239. The highest BCUT2D eigenvalue weighted by Crippen LogP contribution is 2.37. The van der Waals surface area contributed by atoms with Gasteiger partial charge in [0.05, 0.1) is 0 Å². The van der Waals surface area contributed by atoms with Gasteiger partial charge in [-0.05, 0) is 47.5 Å². The Balaban J connectivity index is 1.54. The van der Waals surface area contributed by atoms with Crippen LogP contribution in [-0.2, 0) is 16.9 Å². The minimum Gasteiger partial charge on any atom is -0.337 e. The predicted octanol–water partition coefficient (Wildman–Crippen LogP) is 4.41. The van der Waals surface area contributed by atoms with Gasteiger partial charge in [0.25, 0.3) is 5.91 Å². The fourth-order valence-electron chi connectivity index (χ4n) is 3.90. The van der Waals surface area contributed by atoms with Crippen molar-refractivity contribution in [3.05, 3.63) is 93.5 Å². The van der Waals surface area contributed by atoms with Crippen molar-refractivity contribution in [3.8, 4) is 11.4 Å². The van der Waals surface area contributed by atoms with Crippen LogP contribution in [-0.4, -0.2) is 27.0 Å². The molecule has 8 heteroatoms. The van der Waals surface area contributed by atoms with Crippen LogP contribution in [0.1, 0.15) is 28.1 Å². The maximum atomic E-state index is 13.8. The Morgan fingerprint density at radius 1 is 1.03 bits per heavy atom. The number of nitrogens with zero attached hydrogens (tertiary/aromatic N) is 3. The van der Waals surface area contributed by atoms with Crippen LogP contribution in [0.4, 0.5) is 4.79 Å². The summed E-state index contributed by atoms with van der Waals surface area (Å²) in [7, 11) is 0. The van der Waals surface area contributed by atoms with Crippen molar-refractivity contribution in [2.75, 3.05) is 0 Å². The molecule has 4 aromatic rings. The summed E-state index contributed by atoms with van der Waals surface area (Å²) in [6, 6.07) is 16.4. The standard InChI is InChI=1S/C24H20N4O3S/c1-15-8-9-19(12-16(15)2)24(18-6-4-3-5-7-18)22(29)28(23(30)26-24)13-20-25-21(27-31-20)17-10-11-32-14-17/h3-12,14H,13H2,1-2H3,(H,26,30). The molecule has 2 aromatic heterocycles. The van der Waals surface area contributed by atoms with E-state index in [4.69, 9.17) is 4.52 Å². The molecule has 3 amide bonds. The van der Waals surface area contributed by atoms with Crippen molar-refractivity contribution in [3.63, 3.8) is 0 Å². The molecule has 1 N–H and O–H groups in total. The summed E-state index contributed by atoms with van der Waals surface area (Å²) in [5, 5.41) is 10.7. The number of hydrogen-bond acceptors (Lipinski definition) is 6. The predicted molar refractivity (Wildman–Crippen MR) is 120 cm³/mol. The van der Waals surface area contributed by atoms with Crippen LogP contribution in [0.3, 0.4) is 0 Å². The smallest absolute Gasteiger partial charge is 0.326 e. The number of rotatable bonds is 5. The molecule has 0 saturated carbocycles. The number of carbonyl (C=O) groups is 2. The maximum absolute atomic E-state index is 13.8. The number of thiophene rings is 1. The van der Waals surface area contributed by atoms with E-state index < -0.39 is 11.6 Å². The Morgan fingerprint density at radius 2 is 1.84 bits per heavy atom. The normalized spacial score (nSPS) is 18.2. The zero-order valence-corrected chi connectivity index (χ0v) is 18.3. The number of hydrogen-bond donors (Lipinski definition) is 1. The molecule has 0 spiro atoms. The van der Waals surface area contributed by atoms with Gasteiger partial charge in [0, 0.05) is 10.9 Å². The number of carbonyl (C=O) groups excluding carboxylic acids is 2. The number of urea groups is 1. The minimum absolute atomic E-state index is 0.110. The molecule has 0 aliphatic carbocycles. The van der Waals surface area contributed by atoms with Crippen LogP contribution in [0.5, 0.6) is 0 Å². The average molecular weight is 445 g/mol. The molecule has 32 heavy (non-hydrogen) atoms. The molecule has 7 nitrogen and oxygen atoms in total. The van der Waals surface area contributed by atoms with Crippen LogP contribution >= 0.6 is 11.3 Å². The number of imide groups is 1. The number of aromatic nitrogens is 2. The topological polar surface area (TPSA) is 88.3 Å². The first-order valence-corrected chi connectivity index (χ1v) is 11.1. The van der Waals surface area contributed by atoms with Gasteiger partial charge in [-0.1, -0.05) is 53.7 Å². The lowest BCUT2D eigenvalue weighted by Crippen LogP contribution is -2.45. The molecule has 1 aliphatic rings. The van der Waals surface area contributed by atoms with E-state index in [-0.39, 0.29) is 18.3 Å². The van der Waals surface area contributed by atoms with E-state index in [1.165, 1.54) is 11.3 Å². The number of benzene rings is 2. The van der Waals surface area contributed by atoms with Gasteiger partial charge in [0.2, 0.25) is 11.7 Å². The molecule has 0 bridgehead atoms. The monoisotopic (exact) mass is 444 g/mol. The molecule has 0 radical (unpaired) electrons. The maximum Gasteiger partial charge on any atom is 0.326 e. The zero-order chi connectivity index (χ0) is 22.3. The second-order valence-electron chi connectivity index (χ2n) is 7.76. The van der Waals surface area contributed by atoms with Crippen molar-refractivity contribution in [2.45, 2.75) is 25.9 Å². The Morgan fingerprint density at radius 3 is 2.56 bits per heavy atom. The van der Waals surface area contributed by atoms with Crippen molar-refractivity contribution >= 4 is 23.3 Å². The Hall–Kier alpha value is -3.78. The van der Waals surface area contributed by atoms with E-state index in [0.717, 1.165) is 21.6 Å². The first kappa shape index (κ1) is 20.1. The largest absolute Gasteiger partial charge is 0.337 e. The summed E-state index contributed by atoms with van der Waals surface area (Å²) in [4.78, 5) is 32.4. The van der Waals surface area contributed by atoms with Gasteiger partial charge in [-0.25, -0.2) is 4.79 Å². The number of amides is 3. The van der Waals surface area contributed by atoms with E-state index in [9.17, 15) is 9.59 Å². The fourth-order valence-corrected chi connectivity index (χ4v) is 4.54. The molecule has 1 atom stereocenters. The van der Waals surface area contributed by atoms with Gasteiger partial charge in [-0.2, -0.15) is 16.3 Å². The van der Waals surface area contributed by atoms with Crippen LogP contribution in [0.2, 0.25) is 0 Å². The van der Waals surface area contributed by atoms with Crippen molar-refractivity contribution in [1.82, 2.24) is 20.4 Å². The molecule has 2 aromatic carbocycles. The summed E-state index contributed by atoms with van der Waals surface area (Å²) in [6.07, 6.45) is 0. The lowest BCUT2D eigenvalue weighted by Gasteiger charge is -2.28. The quantitative estimate of drug-likeness (QED) is 0.461. The number of nitrogens with one attached hydrogen (secondary N) is 1. The fraction of sp³-hybridized carbons (Fsp3) is 0.167. The molecule has 5 rings (SSSR count). The van der Waals surface area contributed by atoms with Gasteiger partial charge in [-0.15, -0.1) is 0 Å². The van der Waals surface area contributed by atoms with Gasteiger partial charge >= 0.3 is 6.03 Å². The van der Waals surface area contributed by atoms with Crippen molar-refractivity contribution in [1.29, 1.82) is 0 Å². The van der Waals surface area contributed by atoms with Gasteiger partial charge < -0.3 is 9.84 Å². The van der Waals surface area contributed by atoms with Crippen LogP contribution in [0.15, 0.2) is 69.9 Å². The van der Waals surface area contributed by atoms with E-state index >= 15 is 0 Å². The zero-order valence-electron chi connectivity index (χ0n) is 17.5. The highest BCUT2D eigenvalue weighted by molar-refractivity contribution is 7.08. The second-order valence-corrected chi connectivity index (χ2v) is 8.54. The lowest BCUT2D eigenvalue weighted by molar-refractivity contribution is -0.130. The van der Waals surface area contributed by atoms with E-state index in [1.807, 2.05) is 79.2 Å². The van der Waals surface area contributed by atoms with Gasteiger partial charge in [-0.3, -0.25) is 9.69 Å². The summed E-state index contributed by atoms with van der Waals surface area (Å²) in [6.45, 7) is 3.89. The Kier molecular flexibility index (Phi) is 4.86. The average Bonchev–Trinajstić information content (AvgIpc) is 3.54. The van der Waals surface area contributed by atoms with Crippen LogP contribution < -0.4 is 5.32 Å². The van der Waals surface area contributed by atoms with Crippen LogP contribution in [0.25, 0.3) is 11.4 Å². The molecule has 1 aliphatic heterocycles. The van der Waals surface area contributed by atoms with E-state index in [0.29, 0.717) is 17.0 Å². The van der Waals surface area contributed by atoms with E-state index in [2.05, 4.69) is 15.5 Å². The third-order valence-corrected chi connectivity index (χ3v) is 6.48. The molecule has 1 fully saturated rings. The highest BCUT2D eigenvalue weighted by Gasteiger charge is 2.54. The highest BCUT2D eigenvalue weighted by atomic mass is 32.1. The third kappa shape index (κ3) is 3.20. The molecule has 3 heterocycles. The van der Waals surface area contributed by atoms with Gasteiger partial charge in [0.15, 0.2) is 5.54 Å². The lowest BCUT2D eigenvalue weighted by atomic mass is 9.81. The SMILES string of the molecule is Cc1ccc(C2(c3ccccc3)NC(=O)N(Cc3nc(-c4ccsc4)no3)C2=O)cc1C. The van der Waals surface area contributed by atoms with Crippen molar-refractivity contribution < 1.29 is 14.1 Å². The van der Waals surface area contributed by atoms with Crippen molar-refractivity contribution in [2.24, 2.45) is 0 Å². The van der Waals surface area contributed by atoms with E-state index in [1.54, 1.807) is 0 Å². The van der Waals surface area contributed by atoms with Crippen LogP contribution in [0, 0.1) is 13.8 Å². The molecule has 160 valence electrons. The minimum atomic E-state index is -1.33. The Labute approximate surface area is 188 Å². The number of aryl methyl sites for hydroxylation is 2. The molecule has 1 unspecified atom stereocenters. The molecular formula is C24H20N4O3S. The summed E-state index contributed by atoms with van der Waals surface area (Å²) in [5.41, 5.74) is 3.04. The first-order chi connectivity index (χ1) is 15.5. The molecule has 1 saturated heterocycles. The first-order valence-electron chi connectivity index (χ1n) is 10.1. The Bertz CT molecular complexity index is 1300. The second kappa shape index (κ2) is 7.72. The van der Waals surface area contributed by atoms with Gasteiger partial charge in [0.1, 0.15) is 6.54 Å². The summed E-state index contributed by atoms with van der Waals surface area (Å²) >= 11 is 1.52. The molecular weight excluding hydrogens is 424 g/mol. The summed E-state index contributed by atoms with van der Waals surface area (Å²) < 4.78 is 5.33. The third-order valence-electron chi connectivity index (χ3n) is 5.79.